The van der Waals surface area contributed by atoms with Gasteiger partial charge in [0.15, 0.2) is 0 Å². The van der Waals surface area contributed by atoms with E-state index >= 15 is 0 Å². The van der Waals surface area contributed by atoms with Crippen LogP contribution in [0.2, 0.25) is 0 Å². The number of carbonyl (C=O) groups excluding carboxylic acids is 2. The van der Waals surface area contributed by atoms with E-state index in [1.807, 2.05) is 41.9 Å². The predicted molar refractivity (Wildman–Crippen MR) is 98.4 cm³/mol. The number of hydrogen-bond acceptors (Lipinski definition) is 6. The van der Waals surface area contributed by atoms with Crippen molar-refractivity contribution in [3.63, 3.8) is 0 Å². The summed E-state index contributed by atoms with van der Waals surface area (Å²) in [6.45, 7) is 3.47. The van der Waals surface area contributed by atoms with E-state index in [1.165, 1.54) is 16.7 Å². The van der Waals surface area contributed by atoms with Crippen molar-refractivity contribution in [2.45, 2.75) is 32.4 Å². The molecule has 1 fully saturated rings. The van der Waals surface area contributed by atoms with Crippen LogP contribution in [0, 0.1) is 11.8 Å². The molecule has 1 N–H and O–H groups in total. The van der Waals surface area contributed by atoms with Crippen LogP contribution in [0.3, 0.4) is 0 Å². The zero-order chi connectivity index (χ0) is 19.3. The van der Waals surface area contributed by atoms with Gasteiger partial charge < -0.3 is 24.3 Å². The molecule has 7 nitrogen and oxygen atoms in total. The Morgan fingerprint density at radius 1 is 1.43 bits per heavy atom. The second-order valence-electron chi connectivity index (χ2n) is 7.02. The van der Waals surface area contributed by atoms with Crippen LogP contribution in [0.15, 0.2) is 41.2 Å². The van der Waals surface area contributed by atoms with E-state index in [4.69, 9.17) is 0 Å². The molecule has 2 aromatic heterocycles. The van der Waals surface area contributed by atoms with E-state index in [0.717, 1.165) is 11.3 Å². The van der Waals surface area contributed by atoms with Gasteiger partial charge in [-0.05, 0) is 19.1 Å². The molecule has 0 spiro atoms. The van der Waals surface area contributed by atoms with Crippen molar-refractivity contribution in [3.8, 4) is 0 Å². The summed E-state index contributed by atoms with van der Waals surface area (Å²) < 4.78 is 2.01. The number of aliphatic carboxylic acids is 1. The minimum Gasteiger partial charge on any atom is -0.543 e. The van der Waals surface area contributed by atoms with Crippen molar-refractivity contribution in [2.75, 3.05) is 5.75 Å². The van der Waals surface area contributed by atoms with Crippen molar-refractivity contribution in [3.05, 3.63) is 47.0 Å². The summed E-state index contributed by atoms with van der Waals surface area (Å²) in [5.41, 5.74) is 0.975. The molecule has 4 atom stereocenters. The van der Waals surface area contributed by atoms with Crippen LogP contribution in [0.25, 0.3) is 5.52 Å². The summed E-state index contributed by atoms with van der Waals surface area (Å²) in [7, 11) is 0. The summed E-state index contributed by atoms with van der Waals surface area (Å²) in [6.07, 6.45) is 3.62. The molecule has 4 rings (SSSR count). The molecule has 0 aromatic carbocycles. The number of β-lactam (4-membered cyclic amide) rings is 1. The molecule has 0 radical (unpaired) electrons. The van der Waals surface area contributed by atoms with Crippen molar-refractivity contribution in [1.29, 1.82) is 0 Å². The van der Waals surface area contributed by atoms with Gasteiger partial charge >= 0.3 is 29.6 Å². The number of rotatable bonds is 6. The molecule has 142 valence electrons. The van der Waals surface area contributed by atoms with Gasteiger partial charge in [-0.25, -0.2) is 4.98 Å². The second-order valence-corrected chi connectivity index (χ2v) is 8.16. The molecule has 0 aliphatic carbocycles. The molecule has 2 aliphatic heterocycles. The molecular weight excluding hydrogens is 389 g/mol. The first-order chi connectivity index (χ1) is 12.9. The number of hydrogen-bond donors (Lipinski definition) is 1. The number of aliphatic hydroxyl groups is 1. The quantitative estimate of drug-likeness (QED) is 0.416. The Labute approximate surface area is 189 Å². The summed E-state index contributed by atoms with van der Waals surface area (Å²) in [5.74, 6) is -0.827. The van der Waals surface area contributed by atoms with E-state index in [2.05, 4.69) is 4.98 Å². The van der Waals surface area contributed by atoms with E-state index in [1.54, 1.807) is 6.92 Å². The SMILES string of the molecule is CC(O)C1C(=O)N2C(C(=O)[O-])=C(SCCc3ncc4ccccn34)C(C)C12.[Na+]. The average Bonchev–Trinajstić information content (AvgIpc) is 3.13. The van der Waals surface area contributed by atoms with Crippen LogP contribution in [0.4, 0.5) is 0 Å². The number of carboxylic acids is 1. The number of fused-ring (bicyclic) bond motifs is 2. The van der Waals surface area contributed by atoms with Gasteiger partial charge in [0.2, 0.25) is 5.91 Å². The van der Waals surface area contributed by atoms with Crippen LogP contribution < -0.4 is 34.7 Å². The number of aliphatic hydroxyl groups excluding tert-OH is 1. The fraction of sp³-hybridized carbons (Fsp3) is 0.421. The first kappa shape index (κ1) is 21.4. The van der Waals surface area contributed by atoms with Gasteiger partial charge in [0.1, 0.15) is 5.82 Å². The van der Waals surface area contributed by atoms with Gasteiger partial charge in [-0.1, -0.05) is 13.0 Å². The molecule has 1 amide bonds. The van der Waals surface area contributed by atoms with Crippen LogP contribution >= 0.6 is 11.8 Å². The Morgan fingerprint density at radius 3 is 2.86 bits per heavy atom. The molecule has 2 aliphatic rings. The third-order valence-corrected chi connectivity index (χ3v) is 6.68. The van der Waals surface area contributed by atoms with E-state index in [-0.39, 0.29) is 53.1 Å². The van der Waals surface area contributed by atoms with Crippen molar-refractivity contribution in [2.24, 2.45) is 11.8 Å². The Balaban J connectivity index is 0.00000225. The number of aryl methyl sites for hydroxylation is 1. The van der Waals surface area contributed by atoms with Gasteiger partial charge in [-0.3, -0.25) is 4.79 Å². The van der Waals surface area contributed by atoms with Crippen LogP contribution in [-0.4, -0.2) is 49.2 Å². The van der Waals surface area contributed by atoms with Gasteiger partial charge in [-0.2, -0.15) is 0 Å². The molecule has 0 bridgehead atoms. The Hall–Kier alpha value is -1.32. The van der Waals surface area contributed by atoms with Gasteiger partial charge in [0.05, 0.1) is 41.4 Å². The molecule has 1 saturated heterocycles. The number of thioether (sulfide) groups is 1. The summed E-state index contributed by atoms with van der Waals surface area (Å²) >= 11 is 1.43. The molecule has 28 heavy (non-hydrogen) atoms. The standard InChI is InChI=1S/C19H21N3O4S.Na/c1-10-15-14(11(2)23)18(24)22(15)16(19(25)26)17(10)27-8-6-13-20-9-12-5-3-4-7-21(12)13;/h3-5,7,9-11,14-15,23H,6,8H2,1-2H3,(H,25,26);/q;+1/p-1. The monoisotopic (exact) mass is 409 g/mol. The number of pyridine rings is 1. The third kappa shape index (κ3) is 3.31. The minimum atomic E-state index is -1.34. The van der Waals surface area contributed by atoms with Gasteiger partial charge in [0, 0.05) is 29.2 Å². The average molecular weight is 409 g/mol. The van der Waals surface area contributed by atoms with Crippen LogP contribution in [-0.2, 0) is 16.0 Å². The Morgan fingerprint density at radius 2 is 2.18 bits per heavy atom. The largest absolute Gasteiger partial charge is 1.00 e. The number of carbonyl (C=O) groups is 2. The molecule has 4 unspecified atom stereocenters. The fourth-order valence-corrected chi connectivity index (χ4v) is 5.37. The topological polar surface area (TPSA) is 98.0 Å². The maximum absolute atomic E-state index is 12.3. The van der Waals surface area contributed by atoms with Crippen molar-refractivity contribution >= 4 is 29.2 Å². The normalized spacial score (nSPS) is 24.8. The van der Waals surface area contributed by atoms with Crippen LogP contribution in [0.1, 0.15) is 19.7 Å². The Bertz CT molecular complexity index is 958. The first-order valence-electron chi connectivity index (χ1n) is 8.92. The van der Waals surface area contributed by atoms with Crippen molar-refractivity contribution in [1.82, 2.24) is 14.3 Å². The number of imidazole rings is 1. The molecule has 4 heterocycles. The van der Waals surface area contributed by atoms with E-state index in [0.29, 0.717) is 17.1 Å². The third-order valence-electron chi connectivity index (χ3n) is 5.40. The minimum absolute atomic E-state index is 0. The smallest absolute Gasteiger partial charge is 0.543 e. The number of carboxylic acid groups (broad SMARTS) is 1. The van der Waals surface area contributed by atoms with Gasteiger partial charge in [-0.15, -0.1) is 11.8 Å². The second kappa shape index (κ2) is 8.20. The molecule has 2 aromatic rings. The van der Waals surface area contributed by atoms with Gasteiger partial charge in [0.25, 0.3) is 0 Å². The maximum Gasteiger partial charge on any atom is 1.00 e. The Kier molecular flexibility index (Phi) is 6.26. The zero-order valence-corrected chi connectivity index (χ0v) is 18.8. The maximum atomic E-state index is 12.3. The molecular formula is C19H20N3NaO4S. The molecule has 0 saturated carbocycles. The number of amides is 1. The van der Waals surface area contributed by atoms with Crippen LogP contribution in [0.5, 0.6) is 0 Å². The summed E-state index contributed by atoms with van der Waals surface area (Å²) in [6, 6.07) is 5.56. The van der Waals surface area contributed by atoms with E-state index < -0.39 is 18.0 Å². The number of aromatic nitrogens is 2. The first-order valence-corrected chi connectivity index (χ1v) is 9.90. The molecule has 9 heteroatoms. The van der Waals surface area contributed by atoms with Crippen molar-refractivity contribution < 1.29 is 49.4 Å². The van der Waals surface area contributed by atoms with E-state index in [9.17, 15) is 19.8 Å². The zero-order valence-electron chi connectivity index (χ0n) is 16.0. The summed E-state index contributed by atoms with van der Waals surface area (Å²) in [4.78, 5) is 30.4. The summed E-state index contributed by atoms with van der Waals surface area (Å²) in [5, 5.41) is 21.6. The predicted octanol–water partition coefficient (Wildman–Crippen LogP) is -2.57. The number of nitrogens with zero attached hydrogens (tertiary/aromatic N) is 3. The fourth-order valence-electron chi connectivity index (χ4n) is 4.14.